The molecule has 0 saturated carbocycles. The van der Waals surface area contributed by atoms with Crippen molar-refractivity contribution in [3.8, 4) is 11.5 Å². The van der Waals surface area contributed by atoms with E-state index in [0.29, 0.717) is 29.0 Å². The lowest BCUT2D eigenvalue weighted by atomic mass is 10.1. The molecule has 3 aromatic rings. The summed E-state index contributed by atoms with van der Waals surface area (Å²) in [6.45, 7) is 5.67. The molecule has 3 rings (SSSR count). The van der Waals surface area contributed by atoms with E-state index in [2.05, 4.69) is 0 Å². The first-order valence-electron chi connectivity index (χ1n) is 8.83. The van der Waals surface area contributed by atoms with Gasteiger partial charge in [-0.05, 0) is 32.4 Å². The molecular formula is C22H22NO5. The summed E-state index contributed by atoms with van der Waals surface area (Å²) >= 11 is 0. The second kappa shape index (κ2) is 7.76. The van der Waals surface area contributed by atoms with Crippen LogP contribution >= 0.6 is 0 Å². The van der Waals surface area contributed by atoms with E-state index in [1.54, 1.807) is 32.9 Å². The molecule has 0 bridgehead atoms. The average molecular weight is 380 g/mol. The molecule has 0 spiro atoms. The van der Waals surface area contributed by atoms with Crippen LogP contribution in [-0.2, 0) is 16.1 Å². The van der Waals surface area contributed by atoms with Crippen molar-refractivity contribution in [2.24, 2.45) is 0 Å². The fraction of sp³-hybridized carbons (Fsp3) is 0.273. The third kappa shape index (κ3) is 4.17. The first kappa shape index (κ1) is 19.5. The number of aromatic nitrogens is 1. The van der Waals surface area contributed by atoms with Crippen molar-refractivity contribution in [1.29, 1.82) is 0 Å². The average Bonchev–Trinajstić information content (AvgIpc) is 3.02. The first-order valence-corrected chi connectivity index (χ1v) is 8.83. The van der Waals surface area contributed by atoms with Gasteiger partial charge in [-0.1, -0.05) is 30.3 Å². The highest BCUT2D eigenvalue weighted by Crippen LogP contribution is 2.35. The Balaban J connectivity index is 2.03. The lowest BCUT2D eigenvalue weighted by Gasteiger charge is -2.20. The Morgan fingerprint density at radius 1 is 1.11 bits per heavy atom. The minimum Gasteiger partial charge on any atom is -0.493 e. The summed E-state index contributed by atoms with van der Waals surface area (Å²) < 4.78 is 18.0. The number of nitrogens with zero attached hydrogens (tertiary/aromatic N) is 1. The molecule has 6 nitrogen and oxygen atoms in total. The van der Waals surface area contributed by atoms with Gasteiger partial charge >= 0.3 is 6.09 Å². The quantitative estimate of drug-likeness (QED) is 0.653. The lowest BCUT2D eigenvalue weighted by molar-refractivity contribution is 0.0544. The Morgan fingerprint density at radius 2 is 1.82 bits per heavy atom. The SMILES string of the molecule is COc1cc2c([C]=O)cn(C(=O)OC(C)(C)C)c2cc1OCc1ccccc1. The molecule has 0 atom stereocenters. The molecule has 1 heterocycles. The third-order valence-electron chi connectivity index (χ3n) is 4.03. The van der Waals surface area contributed by atoms with E-state index in [-0.39, 0.29) is 5.56 Å². The summed E-state index contributed by atoms with van der Waals surface area (Å²) in [5, 5.41) is 0.532. The summed E-state index contributed by atoms with van der Waals surface area (Å²) in [4.78, 5) is 24.0. The van der Waals surface area contributed by atoms with Gasteiger partial charge in [-0.25, -0.2) is 4.79 Å². The number of benzene rings is 2. The van der Waals surface area contributed by atoms with E-state index in [4.69, 9.17) is 14.2 Å². The standard InChI is InChI=1S/C22H22NO5/c1-22(2,3)28-21(25)23-12-16(13-24)17-10-19(26-4)20(11-18(17)23)27-14-15-8-6-5-7-9-15/h5-12H,14H2,1-4H3. The van der Waals surface area contributed by atoms with Crippen molar-refractivity contribution >= 4 is 23.3 Å². The number of rotatable bonds is 5. The van der Waals surface area contributed by atoms with Gasteiger partial charge < -0.3 is 14.2 Å². The summed E-state index contributed by atoms with van der Waals surface area (Å²) in [5.41, 5.74) is 1.05. The van der Waals surface area contributed by atoms with Gasteiger partial charge in [0, 0.05) is 17.6 Å². The topological polar surface area (TPSA) is 66.8 Å². The highest BCUT2D eigenvalue weighted by atomic mass is 16.6. The molecule has 0 aliphatic heterocycles. The molecule has 0 unspecified atom stereocenters. The maximum Gasteiger partial charge on any atom is 0.419 e. The van der Waals surface area contributed by atoms with Crippen LogP contribution in [0.15, 0.2) is 48.7 Å². The Labute approximate surface area is 163 Å². The Hall–Kier alpha value is -3.28. The van der Waals surface area contributed by atoms with Crippen LogP contribution in [0.4, 0.5) is 4.79 Å². The number of methoxy groups -OCH3 is 1. The smallest absolute Gasteiger partial charge is 0.419 e. The van der Waals surface area contributed by atoms with Crippen LogP contribution in [0.3, 0.4) is 0 Å². The summed E-state index contributed by atoms with van der Waals surface area (Å²) in [6.07, 6.45) is 2.69. The van der Waals surface area contributed by atoms with Crippen LogP contribution in [0.5, 0.6) is 11.5 Å². The van der Waals surface area contributed by atoms with E-state index in [9.17, 15) is 9.59 Å². The van der Waals surface area contributed by atoms with Crippen LogP contribution in [-0.4, -0.2) is 29.7 Å². The number of fused-ring (bicyclic) bond motifs is 1. The summed E-state index contributed by atoms with van der Waals surface area (Å²) in [7, 11) is 1.52. The minimum atomic E-state index is -0.669. The van der Waals surface area contributed by atoms with Crippen LogP contribution < -0.4 is 9.47 Å². The molecule has 0 amide bonds. The molecule has 0 fully saturated rings. The number of hydrogen-bond donors (Lipinski definition) is 0. The van der Waals surface area contributed by atoms with Crippen molar-refractivity contribution < 1.29 is 23.8 Å². The maximum absolute atomic E-state index is 12.6. The van der Waals surface area contributed by atoms with Gasteiger partial charge in [0.05, 0.1) is 18.2 Å². The van der Waals surface area contributed by atoms with E-state index < -0.39 is 11.7 Å². The molecule has 2 aromatic carbocycles. The summed E-state index contributed by atoms with van der Waals surface area (Å²) in [5.74, 6) is 0.918. The first-order chi connectivity index (χ1) is 13.3. The molecule has 0 aliphatic rings. The van der Waals surface area contributed by atoms with E-state index in [1.165, 1.54) is 17.9 Å². The van der Waals surface area contributed by atoms with E-state index in [1.807, 2.05) is 36.6 Å². The molecule has 28 heavy (non-hydrogen) atoms. The number of carbonyl (C=O) groups excluding carboxylic acids is 2. The molecule has 0 N–H and O–H groups in total. The predicted octanol–water partition coefficient (Wildman–Crippen LogP) is 4.47. The van der Waals surface area contributed by atoms with Gasteiger partial charge in [0.25, 0.3) is 0 Å². The Morgan fingerprint density at radius 3 is 2.43 bits per heavy atom. The highest BCUT2D eigenvalue weighted by molar-refractivity contribution is 6.02. The number of ether oxygens (including phenoxy) is 3. The van der Waals surface area contributed by atoms with Crippen LogP contribution in [0.25, 0.3) is 10.9 Å². The molecule has 0 saturated heterocycles. The van der Waals surface area contributed by atoms with Crippen molar-refractivity contribution in [1.82, 2.24) is 4.57 Å². The zero-order valence-electron chi connectivity index (χ0n) is 16.3. The van der Waals surface area contributed by atoms with Crippen molar-refractivity contribution in [3.63, 3.8) is 0 Å². The van der Waals surface area contributed by atoms with Gasteiger partial charge in [-0.3, -0.25) is 9.36 Å². The van der Waals surface area contributed by atoms with Crippen molar-refractivity contribution in [2.75, 3.05) is 7.11 Å². The number of hydrogen-bond acceptors (Lipinski definition) is 5. The van der Waals surface area contributed by atoms with Crippen molar-refractivity contribution in [2.45, 2.75) is 33.0 Å². The maximum atomic E-state index is 12.6. The molecule has 1 radical (unpaired) electrons. The third-order valence-corrected chi connectivity index (χ3v) is 4.03. The van der Waals surface area contributed by atoms with E-state index in [0.717, 1.165) is 5.56 Å². The van der Waals surface area contributed by atoms with Gasteiger partial charge in [-0.15, -0.1) is 0 Å². The zero-order valence-corrected chi connectivity index (χ0v) is 16.3. The Kier molecular flexibility index (Phi) is 5.40. The van der Waals surface area contributed by atoms with Crippen LogP contribution in [0.2, 0.25) is 0 Å². The van der Waals surface area contributed by atoms with Crippen LogP contribution in [0.1, 0.15) is 31.9 Å². The molecule has 0 aliphatic carbocycles. The normalized spacial score (nSPS) is 11.3. The largest absolute Gasteiger partial charge is 0.493 e. The zero-order chi connectivity index (χ0) is 20.3. The monoisotopic (exact) mass is 380 g/mol. The predicted molar refractivity (Wildman–Crippen MR) is 106 cm³/mol. The van der Waals surface area contributed by atoms with Gasteiger partial charge in [0.15, 0.2) is 11.5 Å². The second-order valence-corrected chi connectivity index (χ2v) is 7.29. The lowest BCUT2D eigenvalue weighted by Crippen LogP contribution is -2.26. The molecule has 1 aromatic heterocycles. The fourth-order valence-electron chi connectivity index (χ4n) is 2.78. The molecule has 145 valence electrons. The van der Waals surface area contributed by atoms with Gasteiger partial charge in [0.2, 0.25) is 6.29 Å². The minimum absolute atomic E-state index is 0.244. The van der Waals surface area contributed by atoms with E-state index >= 15 is 0 Å². The van der Waals surface area contributed by atoms with Gasteiger partial charge in [0.1, 0.15) is 12.2 Å². The fourth-order valence-corrected chi connectivity index (χ4v) is 2.78. The van der Waals surface area contributed by atoms with Gasteiger partial charge in [-0.2, -0.15) is 0 Å². The molecule has 6 heteroatoms. The Bertz CT molecular complexity index is 999. The van der Waals surface area contributed by atoms with Crippen molar-refractivity contribution in [3.05, 3.63) is 59.8 Å². The molecular weight excluding hydrogens is 358 g/mol. The highest BCUT2D eigenvalue weighted by Gasteiger charge is 2.22. The number of carbonyl (C=O) groups is 1. The van der Waals surface area contributed by atoms with Crippen LogP contribution in [0, 0.1) is 0 Å². The summed E-state index contributed by atoms with van der Waals surface area (Å²) in [6, 6.07) is 13.0. The second-order valence-electron chi connectivity index (χ2n) is 7.29.